The van der Waals surface area contributed by atoms with Crippen molar-refractivity contribution in [1.82, 2.24) is 0 Å². The summed E-state index contributed by atoms with van der Waals surface area (Å²) in [7, 11) is -4.39. The third kappa shape index (κ3) is 2.29. The number of hydrogen-bond acceptors (Lipinski definition) is 4. The molecule has 0 aromatic rings. The summed E-state index contributed by atoms with van der Waals surface area (Å²) in [6.07, 6.45) is 0. The fourth-order valence-electron chi connectivity index (χ4n) is 0.219. The molecule has 5 nitrogen and oxygen atoms in total. The Morgan fingerprint density at radius 1 is 1.60 bits per heavy atom. The van der Waals surface area contributed by atoms with Crippen LogP contribution in [0.2, 0.25) is 0 Å². The van der Waals surface area contributed by atoms with Gasteiger partial charge in [-0.1, -0.05) is 6.58 Å². The van der Waals surface area contributed by atoms with Gasteiger partial charge >= 0.3 is 16.1 Å². The molecule has 0 saturated heterocycles. The molecule has 0 spiro atoms. The van der Waals surface area contributed by atoms with Crippen LogP contribution in [0.4, 0.5) is 0 Å². The highest BCUT2D eigenvalue weighted by Gasteiger charge is 2.19. The van der Waals surface area contributed by atoms with Crippen molar-refractivity contribution in [3.05, 3.63) is 11.5 Å². The Balaban J connectivity index is 4.57. The van der Waals surface area contributed by atoms with Gasteiger partial charge < -0.3 is 4.43 Å². The van der Waals surface area contributed by atoms with E-state index in [2.05, 4.69) is 11.0 Å². The molecule has 0 fully saturated rings. The molecular weight excluding hydrogens is 176 g/mol. The first kappa shape index (κ1) is 9.34. The van der Waals surface area contributed by atoms with Crippen LogP contribution in [0.15, 0.2) is 11.5 Å². The molecule has 0 aromatic carbocycles. The van der Waals surface area contributed by atoms with Crippen LogP contribution < -0.4 is 0 Å². The Morgan fingerprint density at radius 2 is 2.00 bits per heavy atom. The summed E-state index contributed by atoms with van der Waals surface area (Å²) in [6.45, 7) is 2.81. The van der Waals surface area contributed by atoms with E-state index in [1.54, 1.807) is 0 Å². The van der Waals surface area contributed by atoms with E-state index in [-0.39, 0.29) is 10.5 Å². The van der Waals surface area contributed by atoms with Gasteiger partial charge in [0.25, 0.3) is 0 Å². The normalized spacial score (nSPS) is 10.9. The van der Waals surface area contributed by atoms with Crippen LogP contribution in [0, 0.1) is 0 Å². The number of rotatable bonds is 2. The van der Waals surface area contributed by atoms with Gasteiger partial charge in [-0.3, -0.25) is 4.55 Å². The molecule has 0 bridgehead atoms. The quantitative estimate of drug-likeness (QED) is 0.310. The largest absolute Gasteiger partial charge is 0.525 e. The first-order chi connectivity index (χ1) is 4.39. The van der Waals surface area contributed by atoms with Crippen LogP contribution in [0.5, 0.6) is 0 Å². The topological polar surface area (TPSA) is 80.7 Å². The monoisotopic (exact) mass is 182 g/mol. The number of carbonyl (C=O) groups excluding carboxylic acids is 1. The summed E-state index contributed by atoms with van der Waals surface area (Å²) in [5.41, 5.74) is 0. The molecule has 58 valence electrons. The van der Waals surface area contributed by atoms with Crippen molar-refractivity contribution in [2.45, 2.75) is 0 Å². The Morgan fingerprint density at radius 3 is 2.10 bits per heavy atom. The summed E-state index contributed by atoms with van der Waals surface area (Å²) in [6, 6.07) is 0. The molecule has 0 heterocycles. The van der Waals surface area contributed by atoms with Crippen molar-refractivity contribution in [2.75, 3.05) is 0 Å². The number of hydrogen-bond donors (Lipinski definition) is 1. The Hall–Kier alpha value is -0.663. The van der Waals surface area contributed by atoms with Crippen molar-refractivity contribution in [1.29, 1.82) is 0 Å². The third-order valence-corrected chi connectivity index (χ3v) is 1.88. The maximum absolute atomic E-state index is 10.3. The lowest BCUT2D eigenvalue weighted by Crippen LogP contribution is -2.13. The molecule has 0 saturated carbocycles. The van der Waals surface area contributed by atoms with Crippen LogP contribution in [-0.2, 0) is 19.3 Å². The number of carbonyl (C=O) groups is 1. The lowest BCUT2D eigenvalue weighted by atomic mass is 10.7. The maximum Gasteiger partial charge on any atom is 0.337 e. The molecule has 0 aliphatic heterocycles. The van der Waals surface area contributed by atoms with Gasteiger partial charge in [-0.15, -0.1) is 0 Å². The molecule has 0 unspecified atom stereocenters. The van der Waals surface area contributed by atoms with E-state index < -0.39 is 21.0 Å². The highest BCUT2D eigenvalue weighted by atomic mass is 32.2. The summed E-state index contributed by atoms with van der Waals surface area (Å²) in [5, 5.41) is 0. The second-order valence-electron chi connectivity index (χ2n) is 1.39. The first-order valence-corrected chi connectivity index (χ1v) is 4.40. The fraction of sp³-hybridized carbons (Fsp3) is 0. The summed E-state index contributed by atoms with van der Waals surface area (Å²) < 4.78 is 32.5. The lowest BCUT2D eigenvalue weighted by Gasteiger charge is -1.97. The minimum absolute atomic E-state index is 0.0685. The van der Waals surface area contributed by atoms with E-state index in [4.69, 9.17) is 4.55 Å². The van der Waals surface area contributed by atoms with Crippen molar-refractivity contribution in [3.8, 4) is 0 Å². The molecular formula is C3H6O5SSi. The van der Waals surface area contributed by atoms with Gasteiger partial charge in [0.05, 0.1) is 0 Å². The fourth-order valence-corrected chi connectivity index (χ4v) is 0.907. The van der Waals surface area contributed by atoms with Crippen LogP contribution in [0.1, 0.15) is 0 Å². The zero-order valence-corrected chi connectivity index (χ0v) is 8.01. The molecule has 0 amide bonds. The van der Waals surface area contributed by atoms with Crippen LogP contribution >= 0.6 is 0 Å². The van der Waals surface area contributed by atoms with E-state index in [0.717, 1.165) is 0 Å². The SMILES string of the molecule is C=C(C(=O)O[SiH3])S(=O)(=O)O. The van der Waals surface area contributed by atoms with E-state index in [1.165, 1.54) is 0 Å². The Kier molecular flexibility index (Phi) is 2.75. The van der Waals surface area contributed by atoms with Gasteiger partial charge in [0, 0.05) is 0 Å². The van der Waals surface area contributed by atoms with Gasteiger partial charge in [-0.25, -0.2) is 4.79 Å². The molecule has 0 aliphatic carbocycles. The molecule has 0 aromatic heterocycles. The zero-order valence-electron chi connectivity index (χ0n) is 5.20. The highest BCUT2D eigenvalue weighted by molar-refractivity contribution is 7.90. The highest BCUT2D eigenvalue weighted by Crippen LogP contribution is 2.00. The third-order valence-electron chi connectivity index (χ3n) is 0.724. The van der Waals surface area contributed by atoms with Crippen LogP contribution in [-0.4, -0.2) is 29.4 Å². The van der Waals surface area contributed by atoms with Gasteiger partial charge in [0.2, 0.25) is 10.5 Å². The second-order valence-corrected chi connectivity index (χ2v) is 3.24. The predicted molar refractivity (Wildman–Crippen MR) is 36.7 cm³/mol. The van der Waals surface area contributed by atoms with Crippen molar-refractivity contribution < 1.29 is 22.2 Å². The average Bonchev–Trinajstić information content (AvgIpc) is 1.83. The predicted octanol–water partition coefficient (Wildman–Crippen LogP) is -1.79. The minimum Gasteiger partial charge on any atom is -0.525 e. The van der Waals surface area contributed by atoms with E-state index in [0.29, 0.717) is 0 Å². The maximum atomic E-state index is 10.3. The lowest BCUT2D eigenvalue weighted by molar-refractivity contribution is -0.129. The molecule has 0 atom stereocenters. The molecule has 7 heteroatoms. The van der Waals surface area contributed by atoms with E-state index >= 15 is 0 Å². The summed E-state index contributed by atoms with van der Waals surface area (Å²) in [4.78, 5) is 9.40. The molecule has 0 rings (SSSR count). The van der Waals surface area contributed by atoms with Crippen LogP contribution in [0.25, 0.3) is 0 Å². The van der Waals surface area contributed by atoms with Crippen molar-refractivity contribution >= 4 is 26.6 Å². The van der Waals surface area contributed by atoms with E-state index in [1.807, 2.05) is 0 Å². The molecule has 1 N–H and O–H groups in total. The van der Waals surface area contributed by atoms with Gasteiger partial charge in [0.15, 0.2) is 4.91 Å². The first-order valence-electron chi connectivity index (χ1n) is 2.14. The molecule has 10 heavy (non-hydrogen) atoms. The zero-order chi connectivity index (χ0) is 8.36. The minimum atomic E-state index is -4.46. The van der Waals surface area contributed by atoms with Crippen LogP contribution in [0.3, 0.4) is 0 Å². The standard InChI is InChI=1S/C3H6O5SSi/c1-2(3(4)8-10)9(5,6)7/h1H2,10H3,(H,5,6,7). The van der Waals surface area contributed by atoms with Gasteiger partial charge in [-0.05, 0) is 0 Å². The summed E-state index contributed by atoms with van der Waals surface area (Å²) >= 11 is 0. The van der Waals surface area contributed by atoms with Crippen molar-refractivity contribution in [2.24, 2.45) is 0 Å². The Labute approximate surface area is 61.0 Å². The average molecular weight is 182 g/mol. The second kappa shape index (κ2) is 2.95. The smallest absolute Gasteiger partial charge is 0.337 e. The van der Waals surface area contributed by atoms with Crippen molar-refractivity contribution in [3.63, 3.8) is 0 Å². The van der Waals surface area contributed by atoms with Gasteiger partial charge in [-0.2, -0.15) is 8.42 Å². The molecule has 0 radical (unpaired) electrons. The molecule has 0 aliphatic rings. The summed E-state index contributed by atoms with van der Waals surface area (Å²) in [5.74, 6) is -1.10. The van der Waals surface area contributed by atoms with E-state index in [9.17, 15) is 13.2 Å². The van der Waals surface area contributed by atoms with Gasteiger partial charge in [0.1, 0.15) is 0 Å². The Bertz CT molecular complexity index is 252.